The van der Waals surface area contributed by atoms with E-state index in [4.69, 9.17) is 11.1 Å². The molecule has 0 heterocycles. The van der Waals surface area contributed by atoms with Gasteiger partial charge in [0.2, 0.25) is 0 Å². The summed E-state index contributed by atoms with van der Waals surface area (Å²) in [4.78, 5) is 2.17. The van der Waals surface area contributed by atoms with Crippen molar-refractivity contribution in [1.82, 2.24) is 0 Å². The smallest absolute Gasteiger partial charge is 0.124 e. The average Bonchev–Trinajstić information content (AvgIpc) is 2.26. The maximum Gasteiger partial charge on any atom is 0.124 e. The summed E-state index contributed by atoms with van der Waals surface area (Å²) in [5, 5.41) is 7.64. The minimum atomic E-state index is 0.101. The molecule has 1 rings (SSSR count). The Morgan fingerprint density at radius 2 is 1.94 bits per heavy atom. The lowest BCUT2D eigenvalue weighted by Crippen LogP contribution is -2.34. The van der Waals surface area contributed by atoms with Crippen LogP contribution in [-0.2, 0) is 0 Å². The van der Waals surface area contributed by atoms with E-state index in [1.165, 1.54) is 0 Å². The monoisotopic (exact) mass is 297 g/mol. The fourth-order valence-corrected chi connectivity index (χ4v) is 2.06. The Kier molecular flexibility index (Phi) is 4.57. The summed E-state index contributed by atoms with van der Waals surface area (Å²) in [7, 11) is 2.04. The van der Waals surface area contributed by atoms with Crippen LogP contribution in [0.15, 0.2) is 22.7 Å². The van der Waals surface area contributed by atoms with Crippen LogP contribution in [0.4, 0.5) is 5.69 Å². The Morgan fingerprint density at radius 1 is 1.35 bits per heavy atom. The third kappa shape index (κ3) is 3.22. The Balaban J connectivity index is 3.17. The van der Waals surface area contributed by atoms with Gasteiger partial charge in [-0.1, -0.05) is 29.8 Å². The van der Waals surface area contributed by atoms with Crippen LogP contribution in [-0.4, -0.2) is 18.9 Å². The van der Waals surface area contributed by atoms with Crippen molar-refractivity contribution >= 4 is 27.5 Å². The van der Waals surface area contributed by atoms with E-state index in [1.54, 1.807) is 0 Å². The van der Waals surface area contributed by atoms with Gasteiger partial charge < -0.3 is 10.6 Å². The highest BCUT2D eigenvalue weighted by Crippen LogP contribution is 2.26. The molecule has 94 valence electrons. The normalized spacial score (nSPS) is 12.6. The first-order valence-corrected chi connectivity index (χ1v) is 6.50. The van der Waals surface area contributed by atoms with Crippen molar-refractivity contribution in [3.8, 4) is 0 Å². The van der Waals surface area contributed by atoms with Crippen molar-refractivity contribution in [2.24, 2.45) is 11.7 Å². The standard InChI is InChI=1S/C13H20BrN3/c1-8(2)9(3)17(4)12-6-5-10(14)7-11(12)13(15)16/h5-9H,1-4H3,(H3,15,16). The molecule has 0 fully saturated rings. The van der Waals surface area contributed by atoms with Crippen LogP contribution in [0.3, 0.4) is 0 Å². The van der Waals surface area contributed by atoms with Crippen LogP contribution in [0.5, 0.6) is 0 Å². The van der Waals surface area contributed by atoms with Crippen LogP contribution in [0.25, 0.3) is 0 Å². The number of anilines is 1. The van der Waals surface area contributed by atoms with E-state index >= 15 is 0 Å². The van der Waals surface area contributed by atoms with Crippen LogP contribution in [0.1, 0.15) is 26.3 Å². The van der Waals surface area contributed by atoms with Gasteiger partial charge in [0, 0.05) is 28.8 Å². The van der Waals surface area contributed by atoms with Gasteiger partial charge in [-0.3, -0.25) is 5.41 Å². The quantitative estimate of drug-likeness (QED) is 0.662. The SMILES string of the molecule is CC(C)C(C)N(C)c1ccc(Br)cc1C(=N)N. The zero-order valence-corrected chi connectivity index (χ0v) is 12.4. The molecule has 1 atom stereocenters. The predicted molar refractivity (Wildman–Crippen MR) is 77.9 cm³/mol. The maximum atomic E-state index is 7.64. The molecule has 1 aromatic rings. The first-order chi connectivity index (χ1) is 7.84. The fraction of sp³-hybridized carbons (Fsp3) is 0.462. The van der Waals surface area contributed by atoms with Gasteiger partial charge in [-0.05, 0) is 31.0 Å². The molecule has 0 amide bonds. The van der Waals surface area contributed by atoms with Gasteiger partial charge in [-0.15, -0.1) is 0 Å². The molecule has 0 aliphatic rings. The number of nitrogens with one attached hydrogen (secondary N) is 1. The third-order valence-corrected chi connectivity index (χ3v) is 3.70. The summed E-state index contributed by atoms with van der Waals surface area (Å²) in [6, 6.07) is 6.26. The number of nitrogens with two attached hydrogens (primary N) is 1. The highest BCUT2D eigenvalue weighted by molar-refractivity contribution is 9.10. The fourth-order valence-electron chi connectivity index (χ4n) is 1.70. The minimum Gasteiger partial charge on any atom is -0.384 e. The molecular formula is C13H20BrN3. The van der Waals surface area contributed by atoms with Gasteiger partial charge in [0.1, 0.15) is 5.84 Å². The molecule has 0 aliphatic heterocycles. The van der Waals surface area contributed by atoms with E-state index in [0.717, 1.165) is 15.7 Å². The number of nitrogens with zero attached hydrogens (tertiary/aromatic N) is 1. The van der Waals surface area contributed by atoms with Crippen molar-refractivity contribution < 1.29 is 0 Å². The van der Waals surface area contributed by atoms with Crippen molar-refractivity contribution in [3.05, 3.63) is 28.2 Å². The number of nitrogen functional groups attached to an aromatic ring is 1. The predicted octanol–water partition coefficient (Wildman–Crippen LogP) is 3.21. The number of hydrogen-bond acceptors (Lipinski definition) is 2. The van der Waals surface area contributed by atoms with E-state index in [2.05, 4.69) is 41.6 Å². The van der Waals surface area contributed by atoms with Gasteiger partial charge in [0.15, 0.2) is 0 Å². The van der Waals surface area contributed by atoms with Gasteiger partial charge in [-0.2, -0.15) is 0 Å². The van der Waals surface area contributed by atoms with Crippen molar-refractivity contribution in [3.63, 3.8) is 0 Å². The third-order valence-electron chi connectivity index (χ3n) is 3.20. The Bertz CT molecular complexity index is 415. The van der Waals surface area contributed by atoms with Crippen LogP contribution in [0, 0.1) is 11.3 Å². The van der Waals surface area contributed by atoms with E-state index in [0.29, 0.717) is 12.0 Å². The van der Waals surface area contributed by atoms with Gasteiger partial charge in [0.25, 0.3) is 0 Å². The highest BCUT2D eigenvalue weighted by Gasteiger charge is 2.17. The molecule has 17 heavy (non-hydrogen) atoms. The Morgan fingerprint density at radius 3 is 2.41 bits per heavy atom. The second-order valence-electron chi connectivity index (χ2n) is 4.67. The van der Waals surface area contributed by atoms with Crippen molar-refractivity contribution in [2.75, 3.05) is 11.9 Å². The summed E-state index contributed by atoms with van der Waals surface area (Å²) in [6.45, 7) is 6.55. The number of hydrogen-bond donors (Lipinski definition) is 2. The molecule has 0 aliphatic carbocycles. The van der Waals surface area contributed by atoms with Gasteiger partial charge >= 0.3 is 0 Å². The van der Waals surface area contributed by atoms with Gasteiger partial charge in [-0.25, -0.2) is 0 Å². The Labute approximate surface area is 112 Å². The van der Waals surface area contributed by atoms with Crippen LogP contribution < -0.4 is 10.6 Å². The summed E-state index contributed by atoms with van der Waals surface area (Å²) >= 11 is 3.41. The molecular weight excluding hydrogens is 278 g/mol. The van der Waals surface area contributed by atoms with Gasteiger partial charge in [0.05, 0.1) is 0 Å². The summed E-state index contributed by atoms with van der Waals surface area (Å²) in [5.41, 5.74) is 7.41. The zero-order valence-electron chi connectivity index (χ0n) is 10.8. The second kappa shape index (κ2) is 5.54. The molecule has 0 saturated heterocycles. The molecule has 0 aromatic heterocycles. The molecule has 1 unspecified atom stereocenters. The number of amidine groups is 1. The first-order valence-electron chi connectivity index (χ1n) is 5.71. The molecule has 0 radical (unpaired) electrons. The molecule has 3 N–H and O–H groups in total. The molecule has 3 nitrogen and oxygen atoms in total. The number of halogens is 1. The largest absolute Gasteiger partial charge is 0.384 e. The van der Waals surface area contributed by atoms with E-state index in [9.17, 15) is 0 Å². The lowest BCUT2D eigenvalue weighted by molar-refractivity contribution is 0.505. The average molecular weight is 298 g/mol. The molecule has 0 bridgehead atoms. The van der Waals surface area contributed by atoms with E-state index in [-0.39, 0.29) is 5.84 Å². The first kappa shape index (κ1) is 14.0. The Hall–Kier alpha value is -1.03. The lowest BCUT2D eigenvalue weighted by atomic mass is 10.0. The lowest BCUT2D eigenvalue weighted by Gasteiger charge is -2.31. The highest BCUT2D eigenvalue weighted by atomic mass is 79.9. The number of benzene rings is 1. The van der Waals surface area contributed by atoms with Crippen molar-refractivity contribution in [1.29, 1.82) is 5.41 Å². The molecule has 4 heteroatoms. The van der Waals surface area contributed by atoms with Crippen molar-refractivity contribution in [2.45, 2.75) is 26.8 Å². The molecule has 1 aromatic carbocycles. The summed E-state index contributed by atoms with van der Waals surface area (Å²) in [5.74, 6) is 0.646. The number of rotatable bonds is 4. The van der Waals surface area contributed by atoms with E-state index in [1.807, 2.05) is 25.2 Å². The van der Waals surface area contributed by atoms with E-state index < -0.39 is 0 Å². The summed E-state index contributed by atoms with van der Waals surface area (Å²) < 4.78 is 0.942. The molecule has 0 spiro atoms. The molecule has 0 saturated carbocycles. The summed E-state index contributed by atoms with van der Waals surface area (Å²) in [6.07, 6.45) is 0. The topological polar surface area (TPSA) is 53.1 Å². The van der Waals surface area contributed by atoms with Crippen LogP contribution in [0.2, 0.25) is 0 Å². The van der Waals surface area contributed by atoms with Crippen LogP contribution >= 0.6 is 15.9 Å². The maximum absolute atomic E-state index is 7.64. The zero-order chi connectivity index (χ0) is 13.2. The minimum absolute atomic E-state index is 0.101. The second-order valence-corrected chi connectivity index (χ2v) is 5.59.